The van der Waals surface area contributed by atoms with Gasteiger partial charge in [-0.3, -0.25) is 10.1 Å². The summed E-state index contributed by atoms with van der Waals surface area (Å²) in [5.41, 5.74) is 1.53. The van der Waals surface area contributed by atoms with Gasteiger partial charge in [-0.15, -0.1) is 0 Å². The Labute approximate surface area is 143 Å². The summed E-state index contributed by atoms with van der Waals surface area (Å²) >= 11 is 0. The third-order valence-corrected chi connectivity index (χ3v) is 3.66. The van der Waals surface area contributed by atoms with Gasteiger partial charge in [0, 0.05) is 29.3 Å². The third-order valence-electron chi connectivity index (χ3n) is 3.66. The quantitative estimate of drug-likeness (QED) is 0.608. The first-order chi connectivity index (χ1) is 12.1. The summed E-state index contributed by atoms with van der Waals surface area (Å²) in [6, 6.07) is 9.64. The number of ether oxygens (including phenoxy) is 4. The number of nitro groups is 1. The van der Waals surface area contributed by atoms with Crippen LogP contribution in [0.2, 0.25) is 0 Å². The van der Waals surface area contributed by atoms with Gasteiger partial charge in [0.1, 0.15) is 12.4 Å². The lowest BCUT2D eigenvalue weighted by Gasteiger charge is -2.21. The van der Waals surface area contributed by atoms with E-state index >= 15 is 0 Å². The van der Waals surface area contributed by atoms with Crippen molar-refractivity contribution in [2.24, 2.45) is 0 Å². The average molecular weight is 342 g/mol. The largest absolute Gasteiger partial charge is 0.493 e. The van der Waals surface area contributed by atoms with Gasteiger partial charge in [-0.2, -0.15) is 5.26 Å². The van der Waals surface area contributed by atoms with Crippen LogP contribution in [0.4, 0.5) is 5.69 Å². The molecule has 2 aromatic rings. The molecule has 0 aliphatic carbocycles. The maximum Gasteiger partial charge on any atom is 0.270 e. The summed E-state index contributed by atoms with van der Waals surface area (Å²) in [7, 11) is 1.47. The minimum atomic E-state index is -0.472. The monoisotopic (exact) mass is 342 g/mol. The third kappa shape index (κ3) is 3.46. The van der Waals surface area contributed by atoms with Gasteiger partial charge >= 0.3 is 0 Å². The number of non-ortho nitro benzene ring substituents is 1. The predicted octanol–water partition coefficient (Wildman–Crippen LogP) is 2.92. The average Bonchev–Trinajstić information content (AvgIpc) is 2.65. The van der Waals surface area contributed by atoms with Gasteiger partial charge in [0.15, 0.2) is 18.3 Å². The van der Waals surface area contributed by atoms with Gasteiger partial charge in [-0.1, -0.05) is 0 Å². The minimum absolute atomic E-state index is 0.0479. The zero-order valence-corrected chi connectivity index (χ0v) is 13.4. The number of hydrogen-bond acceptors (Lipinski definition) is 7. The molecule has 1 heterocycles. The molecule has 8 heteroatoms. The molecular weight excluding hydrogens is 328 g/mol. The molecule has 0 saturated carbocycles. The van der Waals surface area contributed by atoms with Crippen molar-refractivity contribution in [2.45, 2.75) is 13.2 Å². The molecule has 0 bridgehead atoms. The van der Waals surface area contributed by atoms with Crippen LogP contribution < -0.4 is 14.2 Å². The molecule has 0 spiro atoms. The van der Waals surface area contributed by atoms with E-state index in [9.17, 15) is 10.1 Å². The second-order valence-electron chi connectivity index (χ2n) is 5.23. The van der Waals surface area contributed by atoms with Crippen molar-refractivity contribution in [3.8, 4) is 23.3 Å². The van der Waals surface area contributed by atoms with Crippen molar-refractivity contribution in [1.29, 1.82) is 5.26 Å². The van der Waals surface area contributed by atoms with Crippen LogP contribution in [0, 0.1) is 21.4 Å². The Hall–Kier alpha value is -3.31. The summed E-state index contributed by atoms with van der Waals surface area (Å²) in [6.07, 6.45) is 0. The van der Waals surface area contributed by atoms with Crippen molar-refractivity contribution in [3.05, 3.63) is 57.1 Å². The van der Waals surface area contributed by atoms with E-state index in [1.807, 2.05) is 6.07 Å². The van der Waals surface area contributed by atoms with Gasteiger partial charge in [0.05, 0.1) is 30.3 Å². The maximum absolute atomic E-state index is 11.1. The summed E-state index contributed by atoms with van der Waals surface area (Å²) in [6.45, 7) is 0.370. The molecule has 0 atom stereocenters. The summed E-state index contributed by atoms with van der Waals surface area (Å²) in [5, 5.41) is 20.0. The first-order valence-electron chi connectivity index (χ1n) is 7.34. The molecule has 128 valence electrons. The molecule has 0 saturated heterocycles. The molecule has 1 aliphatic rings. The Morgan fingerprint density at radius 3 is 2.88 bits per heavy atom. The molecule has 0 aromatic heterocycles. The molecule has 2 aromatic carbocycles. The number of benzene rings is 2. The number of nitrogens with zero attached hydrogens (tertiary/aromatic N) is 2. The van der Waals surface area contributed by atoms with Crippen LogP contribution in [-0.4, -0.2) is 18.8 Å². The van der Waals surface area contributed by atoms with Crippen molar-refractivity contribution in [1.82, 2.24) is 0 Å². The lowest BCUT2D eigenvalue weighted by molar-refractivity contribution is -0.385. The summed E-state index contributed by atoms with van der Waals surface area (Å²) < 4.78 is 21.6. The Bertz CT molecular complexity index is 859. The van der Waals surface area contributed by atoms with Crippen LogP contribution in [-0.2, 0) is 18.0 Å². The van der Waals surface area contributed by atoms with Crippen LogP contribution in [0.25, 0.3) is 0 Å². The molecule has 25 heavy (non-hydrogen) atoms. The standard InChI is InChI=1S/C17H14N2O6/c1-22-16-4-11(7-18)2-3-15(16)24-9-13-6-14(19(20)21)5-12-8-23-10-25-17(12)13/h2-6H,8-10H2,1H3. The molecule has 3 rings (SSSR count). The highest BCUT2D eigenvalue weighted by Gasteiger charge is 2.21. The first kappa shape index (κ1) is 16.5. The molecule has 0 radical (unpaired) electrons. The van der Waals surface area contributed by atoms with E-state index in [4.69, 9.17) is 24.2 Å². The van der Waals surface area contributed by atoms with E-state index in [0.29, 0.717) is 33.9 Å². The van der Waals surface area contributed by atoms with E-state index in [1.54, 1.807) is 18.2 Å². The lowest BCUT2D eigenvalue weighted by Crippen LogP contribution is -2.14. The Morgan fingerprint density at radius 1 is 1.32 bits per heavy atom. The fourth-order valence-corrected chi connectivity index (χ4v) is 2.51. The highest BCUT2D eigenvalue weighted by Crippen LogP contribution is 2.35. The van der Waals surface area contributed by atoms with E-state index in [0.717, 1.165) is 0 Å². The zero-order chi connectivity index (χ0) is 17.8. The van der Waals surface area contributed by atoms with Gasteiger partial charge < -0.3 is 18.9 Å². The first-order valence-corrected chi connectivity index (χ1v) is 7.34. The molecule has 1 aliphatic heterocycles. The SMILES string of the molecule is COc1cc(C#N)ccc1OCc1cc([N+](=O)[O-])cc2c1OCOC2. The lowest BCUT2D eigenvalue weighted by atomic mass is 10.1. The molecule has 0 unspecified atom stereocenters. The fourth-order valence-electron chi connectivity index (χ4n) is 2.51. The molecule has 8 nitrogen and oxygen atoms in total. The summed E-state index contributed by atoms with van der Waals surface area (Å²) in [4.78, 5) is 10.6. The second kappa shape index (κ2) is 7.07. The second-order valence-corrected chi connectivity index (χ2v) is 5.23. The number of fused-ring (bicyclic) bond motifs is 1. The molecular formula is C17H14N2O6. The molecule has 0 fully saturated rings. The molecule has 0 N–H and O–H groups in total. The Morgan fingerprint density at radius 2 is 2.16 bits per heavy atom. The van der Waals surface area contributed by atoms with Gasteiger partial charge in [0.2, 0.25) is 0 Å². The van der Waals surface area contributed by atoms with Crippen LogP contribution >= 0.6 is 0 Å². The number of nitro benzene ring substituents is 1. The van der Waals surface area contributed by atoms with E-state index in [1.165, 1.54) is 19.2 Å². The van der Waals surface area contributed by atoms with Crippen molar-refractivity contribution < 1.29 is 23.9 Å². The van der Waals surface area contributed by atoms with E-state index in [2.05, 4.69) is 0 Å². The number of rotatable bonds is 5. The van der Waals surface area contributed by atoms with Crippen LogP contribution in [0.15, 0.2) is 30.3 Å². The topological polar surface area (TPSA) is 104 Å². The normalized spacial score (nSPS) is 12.5. The minimum Gasteiger partial charge on any atom is -0.493 e. The van der Waals surface area contributed by atoms with Crippen LogP contribution in [0.5, 0.6) is 17.2 Å². The smallest absolute Gasteiger partial charge is 0.270 e. The highest BCUT2D eigenvalue weighted by molar-refractivity contribution is 5.51. The van der Waals surface area contributed by atoms with Gasteiger partial charge in [-0.05, 0) is 12.1 Å². The maximum atomic E-state index is 11.1. The Kier molecular flexibility index (Phi) is 4.68. The van der Waals surface area contributed by atoms with Crippen LogP contribution in [0.3, 0.4) is 0 Å². The molecule has 0 amide bonds. The van der Waals surface area contributed by atoms with Gasteiger partial charge in [-0.25, -0.2) is 0 Å². The number of methoxy groups -OCH3 is 1. The van der Waals surface area contributed by atoms with Crippen LogP contribution in [0.1, 0.15) is 16.7 Å². The van der Waals surface area contributed by atoms with Crippen molar-refractivity contribution in [2.75, 3.05) is 13.9 Å². The zero-order valence-electron chi connectivity index (χ0n) is 13.4. The summed E-state index contributed by atoms with van der Waals surface area (Å²) in [5.74, 6) is 1.36. The van der Waals surface area contributed by atoms with Crippen molar-refractivity contribution in [3.63, 3.8) is 0 Å². The number of hydrogen-bond donors (Lipinski definition) is 0. The van der Waals surface area contributed by atoms with Gasteiger partial charge in [0.25, 0.3) is 5.69 Å². The van der Waals surface area contributed by atoms with E-state index < -0.39 is 4.92 Å². The Balaban J connectivity index is 1.89. The number of nitriles is 1. The van der Waals surface area contributed by atoms with E-state index in [-0.39, 0.29) is 25.7 Å². The fraction of sp³-hybridized carbons (Fsp3) is 0.235. The predicted molar refractivity (Wildman–Crippen MR) is 85.4 cm³/mol. The highest BCUT2D eigenvalue weighted by atomic mass is 16.7. The van der Waals surface area contributed by atoms with Crippen molar-refractivity contribution >= 4 is 5.69 Å².